The fourth-order valence-electron chi connectivity index (χ4n) is 2.22. The van der Waals surface area contributed by atoms with Gasteiger partial charge in [-0.2, -0.15) is 0 Å². The Morgan fingerprint density at radius 1 is 1.26 bits per heavy atom. The van der Waals surface area contributed by atoms with Gasteiger partial charge in [-0.05, 0) is 12.1 Å². The van der Waals surface area contributed by atoms with Gasteiger partial charge in [0.1, 0.15) is 37.8 Å². The third-order valence-electron chi connectivity index (χ3n) is 3.43. The summed E-state index contributed by atoms with van der Waals surface area (Å²) in [6.45, 7) is 4.27. The molecule has 1 heterocycles. The first-order chi connectivity index (χ1) is 9.04. The van der Waals surface area contributed by atoms with Gasteiger partial charge >= 0.3 is 0 Å². The molecule has 0 aromatic heterocycles. The Hall–Kier alpha value is -1.53. The van der Waals surface area contributed by atoms with Crippen LogP contribution in [0.4, 0.5) is 14.5 Å². The minimum absolute atomic E-state index is 0.0329. The van der Waals surface area contributed by atoms with E-state index in [1.807, 2.05) is 0 Å². The van der Waals surface area contributed by atoms with Crippen molar-refractivity contribution in [2.45, 2.75) is 0 Å². The molecule has 0 atom stereocenters. The molecule has 4 nitrogen and oxygen atoms in total. The van der Waals surface area contributed by atoms with Crippen LogP contribution in [0.5, 0.6) is 0 Å². The van der Waals surface area contributed by atoms with E-state index in [-0.39, 0.29) is 11.6 Å². The van der Waals surface area contributed by atoms with E-state index in [9.17, 15) is 13.6 Å². The monoisotopic (exact) mass is 271 g/mol. The number of benzene rings is 1. The standard InChI is InChI=1S/C13H17F2N3O/c1-17-4-6-18(7-5-17)9-13(19)16-12-3-2-10(14)8-11(12)15/h2-3,8H,4-7,9H2,1H3,(H,16,19)/p+2. The molecular weight excluding hydrogens is 252 g/mol. The molecule has 104 valence electrons. The minimum atomic E-state index is -0.744. The van der Waals surface area contributed by atoms with Gasteiger partial charge in [-0.25, -0.2) is 8.78 Å². The molecule has 19 heavy (non-hydrogen) atoms. The van der Waals surface area contributed by atoms with Crippen LogP contribution >= 0.6 is 0 Å². The van der Waals surface area contributed by atoms with E-state index >= 15 is 0 Å². The molecule has 6 heteroatoms. The summed E-state index contributed by atoms with van der Waals surface area (Å²) in [4.78, 5) is 14.5. The van der Waals surface area contributed by atoms with Crippen molar-refractivity contribution in [2.75, 3.05) is 45.1 Å². The summed E-state index contributed by atoms with van der Waals surface area (Å²) < 4.78 is 26.1. The lowest BCUT2D eigenvalue weighted by Gasteiger charge is -2.26. The van der Waals surface area contributed by atoms with Crippen LogP contribution in [-0.2, 0) is 4.79 Å². The van der Waals surface area contributed by atoms with E-state index in [1.165, 1.54) is 15.9 Å². The van der Waals surface area contributed by atoms with E-state index in [4.69, 9.17) is 0 Å². The third-order valence-corrected chi connectivity index (χ3v) is 3.43. The van der Waals surface area contributed by atoms with Crippen LogP contribution in [0, 0.1) is 11.6 Å². The van der Waals surface area contributed by atoms with Gasteiger partial charge in [-0.1, -0.05) is 0 Å². The quantitative estimate of drug-likeness (QED) is 0.603. The predicted molar refractivity (Wildman–Crippen MR) is 67.2 cm³/mol. The van der Waals surface area contributed by atoms with Gasteiger partial charge in [0.05, 0.1) is 12.7 Å². The van der Waals surface area contributed by atoms with Crippen LogP contribution in [0.2, 0.25) is 0 Å². The van der Waals surface area contributed by atoms with Crippen molar-refractivity contribution in [1.29, 1.82) is 0 Å². The SMILES string of the molecule is C[NH+]1CC[NH+](CC(=O)Nc2ccc(F)cc2F)CC1. The van der Waals surface area contributed by atoms with Crippen LogP contribution in [0.1, 0.15) is 0 Å². The maximum Gasteiger partial charge on any atom is 0.279 e. The fourth-order valence-corrected chi connectivity index (χ4v) is 2.22. The van der Waals surface area contributed by atoms with Crippen LogP contribution in [-0.4, -0.2) is 45.7 Å². The molecule has 0 unspecified atom stereocenters. The van der Waals surface area contributed by atoms with Gasteiger partial charge in [-0.15, -0.1) is 0 Å². The molecule has 0 bridgehead atoms. The number of hydrogen-bond acceptors (Lipinski definition) is 1. The summed E-state index contributed by atoms with van der Waals surface area (Å²) in [5.74, 6) is -1.63. The van der Waals surface area contributed by atoms with Gasteiger partial charge < -0.3 is 15.1 Å². The Balaban J connectivity index is 1.87. The highest BCUT2D eigenvalue weighted by atomic mass is 19.1. The van der Waals surface area contributed by atoms with Crippen LogP contribution in [0.15, 0.2) is 18.2 Å². The zero-order chi connectivity index (χ0) is 13.8. The van der Waals surface area contributed by atoms with Crippen molar-refractivity contribution in [3.05, 3.63) is 29.8 Å². The first-order valence-electron chi connectivity index (χ1n) is 6.44. The lowest BCUT2D eigenvalue weighted by atomic mass is 10.3. The van der Waals surface area contributed by atoms with Gasteiger partial charge in [0.15, 0.2) is 6.54 Å². The normalized spacial score (nSPS) is 23.1. The van der Waals surface area contributed by atoms with Crippen molar-refractivity contribution < 1.29 is 23.4 Å². The molecule has 1 saturated heterocycles. The van der Waals surface area contributed by atoms with Gasteiger partial charge in [0.2, 0.25) is 0 Å². The Morgan fingerprint density at radius 2 is 1.95 bits per heavy atom. The van der Waals surface area contributed by atoms with Crippen molar-refractivity contribution in [1.82, 2.24) is 0 Å². The molecule has 1 aromatic rings. The average Bonchev–Trinajstić information content (AvgIpc) is 2.36. The Bertz CT molecular complexity index is 459. The topological polar surface area (TPSA) is 38.0 Å². The summed E-state index contributed by atoms with van der Waals surface area (Å²) >= 11 is 0. The number of quaternary nitrogens is 2. The lowest BCUT2D eigenvalue weighted by Crippen LogP contribution is -3.27. The van der Waals surface area contributed by atoms with Crippen molar-refractivity contribution in [3.63, 3.8) is 0 Å². The minimum Gasteiger partial charge on any atom is -0.328 e. The lowest BCUT2D eigenvalue weighted by molar-refractivity contribution is -0.999. The van der Waals surface area contributed by atoms with E-state index in [0.717, 1.165) is 38.3 Å². The second kappa shape index (κ2) is 6.08. The highest BCUT2D eigenvalue weighted by Crippen LogP contribution is 2.14. The molecule has 0 aliphatic carbocycles. The maximum absolute atomic E-state index is 13.4. The Kier molecular flexibility index (Phi) is 4.44. The Labute approximate surface area is 111 Å². The van der Waals surface area contributed by atoms with E-state index in [1.54, 1.807) is 0 Å². The Morgan fingerprint density at radius 3 is 2.58 bits per heavy atom. The van der Waals surface area contributed by atoms with Gasteiger partial charge in [-0.3, -0.25) is 4.79 Å². The number of rotatable bonds is 3. The average molecular weight is 271 g/mol. The van der Waals surface area contributed by atoms with E-state index in [0.29, 0.717) is 6.54 Å². The summed E-state index contributed by atoms with van der Waals surface area (Å²) in [5, 5.41) is 2.49. The van der Waals surface area contributed by atoms with Gasteiger partial charge in [0.25, 0.3) is 5.91 Å². The van der Waals surface area contributed by atoms with E-state index < -0.39 is 11.6 Å². The molecule has 3 N–H and O–H groups in total. The third kappa shape index (κ3) is 3.97. The summed E-state index contributed by atoms with van der Waals surface area (Å²) in [6.07, 6.45) is 0. The second-order valence-electron chi connectivity index (χ2n) is 5.06. The smallest absolute Gasteiger partial charge is 0.279 e. The fraction of sp³-hybridized carbons (Fsp3) is 0.462. The first kappa shape index (κ1) is 13.9. The van der Waals surface area contributed by atoms with Crippen LogP contribution in [0.3, 0.4) is 0 Å². The molecule has 0 spiro atoms. The molecule has 1 aliphatic rings. The highest BCUT2D eigenvalue weighted by Gasteiger charge is 2.22. The summed E-state index contributed by atoms with van der Waals surface area (Å²) in [6, 6.07) is 3.14. The molecular formula is C13H19F2N3O+2. The number of likely N-dealkylation sites (N-methyl/N-ethyl adjacent to an activating group) is 1. The number of anilines is 1. The number of nitrogens with one attached hydrogen (secondary N) is 3. The first-order valence-corrected chi connectivity index (χ1v) is 6.44. The highest BCUT2D eigenvalue weighted by molar-refractivity contribution is 5.91. The molecule has 0 radical (unpaired) electrons. The van der Waals surface area contributed by atoms with Crippen LogP contribution in [0.25, 0.3) is 0 Å². The number of halogens is 2. The summed E-state index contributed by atoms with van der Waals surface area (Å²) in [7, 11) is 2.13. The zero-order valence-corrected chi connectivity index (χ0v) is 10.9. The molecule has 1 amide bonds. The number of carbonyl (C=O) groups excluding carboxylic acids is 1. The molecule has 1 aromatic carbocycles. The second-order valence-corrected chi connectivity index (χ2v) is 5.06. The van der Waals surface area contributed by atoms with E-state index in [2.05, 4.69) is 12.4 Å². The summed E-state index contributed by atoms with van der Waals surface area (Å²) in [5.41, 5.74) is 0.0329. The molecule has 2 rings (SSSR count). The number of piperazine rings is 1. The number of hydrogen-bond donors (Lipinski definition) is 3. The predicted octanol–water partition coefficient (Wildman–Crippen LogP) is -1.68. The number of carbonyl (C=O) groups is 1. The van der Waals surface area contributed by atoms with Crippen LogP contribution < -0.4 is 15.1 Å². The molecule has 0 saturated carbocycles. The van der Waals surface area contributed by atoms with Crippen molar-refractivity contribution in [2.24, 2.45) is 0 Å². The van der Waals surface area contributed by atoms with Gasteiger partial charge in [0, 0.05) is 6.07 Å². The van der Waals surface area contributed by atoms with Crippen molar-refractivity contribution >= 4 is 11.6 Å². The largest absolute Gasteiger partial charge is 0.328 e. The molecule has 1 aliphatic heterocycles. The zero-order valence-electron chi connectivity index (χ0n) is 10.9. The van der Waals surface area contributed by atoms with Crippen molar-refractivity contribution in [3.8, 4) is 0 Å². The number of amides is 1. The maximum atomic E-state index is 13.4. The molecule has 1 fully saturated rings.